The zero-order chi connectivity index (χ0) is 17.7. The molecule has 0 aliphatic rings. The maximum Gasteiger partial charge on any atom is 0.266 e. The lowest BCUT2D eigenvalue weighted by molar-refractivity contribution is -0.255. The summed E-state index contributed by atoms with van der Waals surface area (Å²) in [7, 11) is 0. The first-order valence-corrected chi connectivity index (χ1v) is 7.30. The Morgan fingerprint density at radius 1 is 1.21 bits per heavy atom. The zero-order valence-electron chi connectivity index (χ0n) is 12.7. The number of anilines is 1. The van der Waals surface area contributed by atoms with Crippen LogP contribution in [0.3, 0.4) is 0 Å². The van der Waals surface area contributed by atoms with Gasteiger partial charge in [0.2, 0.25) is 0 Å². The van der Waals surface area contributed by atoms with Gasteiger partial charge in [0.25, 0.3) is 5.91 Å². The van der Waals surface area contributed by atoms with Crippen LogP contribution in [0.4, 0.5) is 5.69 Å². The number of aromatic carboxylic acids is 1. The monoisotopic (exact) mass is 339 g/mol. The lowest BCUT2D eigenvalue weighted by Gasteiger charge is -2.09. The Balaban J connectivity index is 2.24. The highest BCUT2D eigenvalue weighted by Crippen LogP contribution is 2.23. The molecule has 0 spiro atoms. The van der Waals surface area contributed by atoms with Crippen molar-refractivity contribution in [2.24, 2.45) is 0 Å². The van der Waals surface area contributed by atoms with Gasteiger partial charge in [-0.15, -0.1) is 0 Å². The van der Waals surface area contributed by atoms with Crippen LogP contribution >= 0.6 is 11.6 Å². The quantitative estimate of drug-likeness (QED) is 0.684. The Morgan fingerprint density at radius 2 is 1.88 bits per heavy atom. The van der Waals surface area contributed by atoms with E-state index >= 15 is 0 Å². The van der Waals surface area contributed by atoms with Gasteiger partial charge in [-0.1, -0.05) is 41.9 Å². The molecule has 1 N–H and O–H groups in total. The van der Waals surface area contributed by atoms with Gasteiger partial charge in [-0.3, -0.25) is 4.79 Å². The van der Waals surface area contributed by atoms with Crippen molar-refractivity contribution in [3.8, 4) is 6.07 Å². The molecule has 0 unspecified atom stereocenters. The molecule has 6 heteroatoms. The van der Waals surface area contributed by atoms with E-state index in [0.717, 1.165) is 0 Å². The highest BCUT2D eigenvalue weighted by Gasteiger charge is 2.11. The van der Waals surface area contributed by atoms with Crippen LogP contribution in [0.25, 0.3) is 6.08 Å². The van der Waals surface area contributed by atoms with E-state index in [4.69, 9.17) is 11.6 Å². The van der Waals surface area contributed by atoms with E-state index in [1.807, 2.05) is 6.07 Å². The van der Waals surface area contributed by atoms with Crippen molar-refractivity contribution in [3.05, 3.63) is 69.8 Å². The van der Waals surface area contributed by atoms with Crippen molar-refractivity contribution >= 4 is 35.2 Å². The largest absolute Gasteiger partial charge is 0.545 e. The summed E-state index contributed by atoms with van der Waals surface area (Å²) in [5, 5.41) is 23.0. The fraction of sp³-hybridized carbons (Fsp3) is 0.0556. The number of carboxylic acids is 1. The zero-order valence-corrected chi connectivity index (χ0v) is 13.4. The summed E-state index contributed by atoms with van der Waals surface area (Å²) >= 11 is 6.00. The number of hydrogen-bond donors (Lipinski definition) is 1. The van der Waals surface area contributed by atoms with Gasteiger partial charge in [-0.25, -0.2) is 0 Å². The summed E-state index contributed by atoms with van der Waals surface area (Å²) in [5.74, 6) is -1.87. The average Bonchev–Trinajstić information content (AvgIpc) is 2.57. The van der Waals surface area contributed by atoms with Gasteiger partial charge in [0, 0.05) is 10.7 Å². The number of nitriles is 1. The lowest BCUT2D eigenvalue weighted by atomic mass is 10.1. The van der Waals surface area contributed by atoms with Gasteiger partial charge in [-0.05, 0) is 41.8 Å². The van der Waals surface area contributed by atoms with E-state index in [-0.39, 0.29) is 11.1 Å². The molecule has 120 valence electrons. The smallest absolute Gasteiger partial charge is 0.266 e. The molecular formula is C18H12ClN2O3-. The summed E-state index contributed by atoms with van der Waals surface area (Å²) in [5.41, 5.74) is 1.64. The lowest BCUT2D eigenvalue weighted by Crippen LogP contribution is -2.21. The topological polar surface area (TPSA) is 93.0 Å². The molecule has 0 aliphatic carbocycles. The van der Waals surface area contributed by atoms with Crippen molar-refractivity contribution in [1.82, 2.24) is 0 Å². The Hall–Kier alpha value is -3.10. The number of nitrogens with zero attached hydrogens (tertiary/aromatic N) is 1. The first-order chi connectivity index (χ1) is 11.4. The molecule has 1 amide bonds. The van der Waals surface area contributed by atoms with E-state index in [0.29, 0.717) is 21.8 Å². The summed E-state index contributed by atoms with van der Waals surface area (Å²) in [6, 6.07) is 12.6. The van der Waals surface area contributed by atoms with Crippen LogP contribution in [0.15, 0.2) is 48.0 Å². The Labute approximate surface area is 143 Å². The normalized spacial score (nSPS) is 10.8. The fourth-order valence-electron chi connectivity index (χ4n) is 1.96. The summed E-state index contributed by atoms with van der Waals surface area (Å²) < 4.78 is 0. The van der Waals surface area contributed by atoms with Gasteiger partial charge in [-0.2, -0.15) is 5.26 Å². The molecular weight excluding hydrogens is 328 g/mol. The number of carboxylic acid groups (broad SMARTS) is 1. The van der Waals surface area contributed by atoms with Crippen LogP contribution in [0, 0.1) is 18.3 Å². The minimum absolute atomic E-state index is 0.0182. The van der Waals surface area contributed by atoms with E-state index in [9.17, 15) is 20.0 Å². The van der Waals surface area contributed by atoms with Crippen LogP contribution in [0.1, 0.15) is 21.5 Å². The van der Waals surface area contributed by atoms with Gasteiger partial charge >= 0.3 is 0 Å². The van der Waals surface area contributed by atoms with E-state index in [2.05, 4.69) is 5.32 Å². The summed E-state index contributed by atoms with van der Waals surface area (Å²) in [6.45, 7) is 1.76. The number of amides is 1. The second-order valence-corrected chi connectivity index (χ2v) is 5.35. The van der Waals surface area contributed by atoms with E-state index in [1.54, 1.807) is 25.1 Å². The number of nitrogens with one attached hydrogen (secondary N) is 1. The van der Waals surface area contributed by atoms with Crippen LogP contribution in [-0.4, -0.2) is 11.9 Å². The molecule has 0 saturated carbocycles. The number of hydrogen-bond acceptors (Lipinski definition) is 4. The maximum absolute atomic E-state index is 12.2. The van der Waals surface area contributed by atoms with Crippen molar-refractivity contribution in [3.63, 3.8) is 0 Å². The molecule has 0 radical (unpaired) electrons. The van der Waals surface area contributed by atoms with Crippen LogP contribution in [0.5, 0.6) is 0 Å². The molecule has 0 aromatic heterocycles. The highest BCUT2D eigenvalue weighted by atomic mass is 35.5. The number of rotatable bonds is 4. The third-order valence-corrected chi connectivity index (χ3v) is 3.75. The minimum Gasteiger partial charge on any atom is -0.545 e. The number of carbonyl (C=O) groups is 2. The minimum atomic E-state index is -1.29. The molecule has 0 saturated heterocycles. The fourth-order valence-corrected chi connectivity index (χ4v) is 2.14. The molecule has 24 heavy (non-hydrogen) atoms. The van der Waals surface area contributed by atoms with Crippen LogP contribution in [-0.2, 0) is 4.79 Å². The molecule has 0 aliphatic heterocycles. The van der Waals surface area contributed by atoms with Gasteiger partial charge in [0.05, 0.1) is 5.97 Å². The van der Waals surface area contributed by atoms with Crippen molar-refractivity contribution in [1.29, 1.82) is 5.26 Å². The molecule has 0 bridgehead atoms. The molecule has 2 aromatic carbocycles. The number of carbonyl (C=O) groups excluding carboxylic acids is 2. The molecule has 0 heterocycles. The van der Waals surface area contributed by atoms with Crippen molar-refractivity contribution < 1.29 is 14.7 Å². The van der Waals surface area contributed by atoms with E-state index < -0.39 is 11.9 Å². The van der Waals surface area contributed by atoms with Gasteiger partial charge < -0.3 is 15.2 Å². The average molecular weight is 340 g/mol. The van der Waals surface area contributed by atoms with Gasteiger partial charge in [0.1, 0.15) is 11.6 Å². The molecule has 0 fully saturated rings. The third kappa shape index (κ3) is 4.00. The number of benzene rings is 2. The first kappa shape index (κ1) is 17.3. The Bertz CT molecular complexity index is 865. The highest BCUT2D eigenvalue weighted by molar-refractivity contribution is 6.31. The molecule has 2 rings (SSSR count). The van der Waals surface area contributed by atoms with Crippen molar-refractivity contribution in [2.75, 3.05) is 5.32 Å². The molecule has 2 aromatic rings. The predicted octanol–water partition coefficient (Wildman–Crippen LogP) is 2.56. The molecule has 0 atom stereocenters. The first-order valence-electron chi connectivity index (χ1n) is 6.92. The van der Waals surface area contributed by atoms with Gasteiger partial charge in [0.15, 0.2) is 0 Å². The SMILES string of the molecule is Cc1c(Cl)cccc1NC(=O)C(C#N)=Cc1ccc(C(=O)[O-])cc1. The standard InChI is InChI=1S/C18H13ClN2O3/c1-11-15(19)3-2-4-16(11)21-17(22)14(10-20)9-12-5-7-13(8-6-12)18(23)24/h2-9H,1H3,(H,21,22)(H,23,24)/p-1. The Morgan fingerprint density at radius 3 is 2.46 bits per heavy atom. The Kier molecular flexibility index (Phi) is 5.35. The second-order valence-electron chi connectivity index (χ2n) is 4.95. The maximum atomic E-state index is 12.2. The van der Waals surface area contributed by atoms with Crippen LogP contribution < -0.4 is 10.4 Å². The molecule has 5 nitrogen and oxygen atoms in total. The van der Waals surface area contributed by atoms with Crippen LogP contribution in [0.2, 0.25) is 5.02 Å². The number of halogens is 1. The summed E-state index contributed by atoms with van der Waals surface area (Å²) in [4.78, 5) is 22.9. The third-order valence-electron chi connectivity index (χ3n) is 3.34. The van der Waals surface area contributed by atoms with E-state index in [1.165, 1.54) is 30.3 Å². The second kappa shape index (κ2) is 7.44. The predicted molar refractivity (Wildman–Crippen MR) is 89.2 cm³/mol. The summed E-state index contributed by atoms with van der Waals surface area (Å²) in [6.07, 6.45) is 1.37. The van der Waals surface area contributed by atoms with Crippen molar-refractivity contribution in [2.45, 2.75) is 6.92 Å².